The van der Waals surface area contributed by atoms with Crippen molar-refractivity contribution in [3.05, 3.63) is 0 Å². The molecule has 49 heavy (non-hydrogen) atoms. The van der Waals surface area contributed by atoms with Crippen molar-refractivity contribution < 1.29 is 44.1 Å². The number of carboxylic acid groups (broad SMARTS) is 3. The van der Waals surface area contributed by atoms with E-state index in [2.05, 4.69) is 10.6 Å². The number of hydrogen-bond acceptors (Lipinski definition) is 11. The molecule has 0 saturated carbocycles. The summed E-state index contributed by atoms with van der Waals surface area (Å²) in [6.07, 6.45) is 4.13. The van der Waals surface area contributed by atoms with Gasteiger partial charge in [0.1, 0.15) is 0 Å². The van der Waals surface area contributed by atoms with Gasteiger partial charge in [0, 0.05) is 97.0 Å². The highest BCUT2D eigenvalue weighted by molar-refractivity contribution is 8.00. The number of unbranched alkanes of at least 4 members (excludes halogenated alkanes) is 2. The Bertz CT molecular complexity index is 1120. The van der Waals surface area contributed by atoms with Crippen LogP contribution in [0.4, 0.5) is 4.79 Å². The number of carbonyl (C=O) groups excluding carboxylic acids is 3. The van der Waals surface area contributed by atoms with Crippen LogP contribution in [0, 0.1) is 0 Å². The van der Waals surface area contributed by atoms with Crippen molar-refractivity contribution in [2.45, 2.75) is 49.4 Å². The first-order valence-electron chi connectivity index (χ1n) is 17.0. The molecule has 278 valence electrons. The van der Waals surface area contributed by atoms with Gasteiger partial charge in [0.15, 0.2) is 0 Å². The number of carboxylic acids is 3. The van der Waals surface area contributed by atoms with Crippen LogP contribution in [0.2, 0.25) is 0 Å². The van der Waals surface area contributed by atoms with Crippen LogP contribution in [0.3, 0.4) is 0 Å². The smallest absolute Gasteiger partial charge is 0.317 e. The lowest BCUT2D eigenvalue weighted by Crippen LogP contribution is -2.50. The van der Waals surface area contributed by atoms with Crippen LogP contribution in [0.25, 0.3) is 0 Å². The number of rotatable bonds is 17. The molecule has 3 heterocycles. The molecule has 0 aromatic rings. The standard InChI is InChI=1S/C31H54N8O9S/c1-34(25(40)7-5-3-4-6-24-30-23(22-49-24)32-31(48)33-30)8-9-35(2)26(41)18-36-10-12-37(19-27(42)43)14-16-39(21-29(46)47)17-15-38(13-11-36)20-28(44)45/h23-24,30H,3-22H2,1-2H3,(H,42,43)(H,44,45)(H,46,47)(H2,32,33,48). The summed E-state index contributed by atoms with van der Waals surface area (Å²) in [6, 6.07) is 0.315. The van der Waals surface area contributed by atoms with Gasteiger partial charge < -0.3 is 35.8 Å². The van der Waals surface area contributed by atoms with Crippen molar-refractivity contribution in [2.24, 2.45) is 0 Å². The number of thioether (sulfide) groups is 1. The fraction of sp³-hybridized carbons (Fsp3) is 0.806. The third-order valence-corrected chi connectivity index (χ3v) is 10.8. The Morgan fingerprint density at radius 3 is 1.59 bits per heavy atom. The maximum atomic E-state index is 13.2. The average Bonchev–Trinajstić information content (AvgIpc) is 3.58. The van der Waals surface area contributed by atoms with E-state index >= 15 is 0 Å². The van der Waals surface area contributed by atoms with Gasteiger partial charge in [-0.15, -0.1) is 0 Å². The first kappa shape index (κ1) is 40.2. The number of nitrogens with zero attached hydrogens (tertiary/aromatic N) is 6. The number of fused-ring (bicyclic) bond motifs is 1. The van der Waals surface area contributed by atoms with Crippen molar-refractivity contribution >= 4 is 47.5 Å². The zero-order chi connectivity index (χ0) is 35.9. The van der Waals surface area contributed by atoms with E-state index in [0.717, 1.165) is 31.4 Å². The van der Waals surface area contributed by atoms with Crippen LogP contribution >= 0.6 is 11.8 Å². The van der Waals surface area contributed by atoms with Crippen LogP contribution in [0.15, 0.2) is 0 Å². The molecule has 5 N–H and O–H groups in total. The molecule has 3 fully saturated rings. The molecule has 3 aliphatic heterocycles. The van der Waals surface area contributed by atoms with Crippen LogP contribution in [0.5, 0.6) is 0 Å². The molecular formula is C31H54N8O9S. The minimum absolute atomic E-state index is 0.0189. The lowest BCUT2D eigenvalue weighted by Gasteiger charge is -2.33. The monoisotopic (exact) mass is 714 g/mol. The number of urea groups is 1. The molecule has 3 aliphatic rings. The van der Waals surface area contributed by atoms with E-state index < -0.39 is 17.9 Å². The number of amides is 4. The summed E-state index contributed by atoms with van der Waals surface area (Å²) < 4.78 is 0. The van der Waals surface area contributed by atoms with Crippen molar-refractivity contribution in [2.75, 3.05) is 111 Å². The molecule has 18 heteroatoms. The maximum Gasteiger partial charge on any atom is 0.317 e. The highest BCUT2D eigenvalue weighted by Crippen LogP contribution is 2.33. The lowest BCUT2D eigenvalue weighted by atomic mass is 10.0. The Labute approximate surface area is 292 Å². The number of nitrogens with one attached hydrogen (secondary N) is 2. The van der Waals surface area contributed by atoms with Gasteiger partial charge in [-0.25, -0.2) is 4.79 Å². The summed E-state index contributed by atoms with van der Waals surface area (Å²) in [7, 11) is 3.41. The minimum atomic E-state index is -1.02. The summed E-state index contributed by atoms with van der Waals surface area (Å²) in [4.78, 5) is 82.2. The Balaban J connectivity index is 1.44. The Morgan fingerprint density at radius 1 is 0.673 bits per heavy atom. The van der Waals surface area contributed by atoms with Crippen LogP contribution in [-0.4, -0.2) is 209 Å². The van der Waals surface area contributed by atoms with Crippen molar-refractivity contribution in [3.63, 3.8) is 0 Å². The SMILES string of the molecule is CN(CCN(C)C(=O)CN1CCN(CC(=O)O)CCN(CC(=O)O)CCN(CC(=O)O)CC1)C(=O)CCCCCC1SCC2NC(=O)NC21. The number of aliphatic carboxylic acids is 3. The Kier molecular flexibility index (Phi) is 16.8. The first-order chi connectivity index (χ1) is 23.3. The van der Waals surface area contributed by atoms with Crippen LogP contribution < -0.4 is 10.6 Å². The average molecular weight is 715 g/mol. The summed E-state index contributed by atoms with van der Waals surface area (Å²) in [5.74, 6) is -2.26. The first-order valence-corrected chi connectivity index (χ1v) is 18.1. The highest BCUT2D eigenvalue weighted by Gasteiger charge is 2.42. The van der Waals surface area contributed by atoms with Crippen LogP contribution in [-0.2, 0) is 24.0 Å². The highest BCUT2D eigenvalue weighted by atomic mass is 32.2. The molecule has 3 saturated heterocycles. The number of carbonyl (C=O) groups is 6. The van der Waals surface area contributed by atoms with E-state index in [1.807, 2.05) is 16.7 Å². The summed E-state index contributed by atoms with van der Waals surface area (Å²) in [5, 5.41) is 34.5. The molecule has 0 aliphatic carbocycles. The van der Waals surface area contributed by atoms with Gasteiger partial charge in [0.05, 0.1) is 38.3 Å². The predicted molar refractivity (Wildman–Crippen MR) is 183 cm³/mol. The topological polar surface area (TPSA) is 207 Å². The van der Waals surface area contributed by atoms with Crippen molar-refractivity contribution in [1.29, 1.82) is 0 Å². The van der Waals surface area contributed by atoms with Gasteiger partial charge in [-0.2, -0.15) is 11.8 Å². The van der Waals surface area contributed by atoms with E-state index in [1.165, 1.54) is 0 Å². The van der Waals surface area contributed by atoms with Crippen LogP contribution in [0.1, 0.15) is 32.1 Å². The van der Waals surface area contributed by atoms with Gasteiger partial charge in [-0.05, 0) is 12.8 Å². The molecule has 0 spiro atoms. The second kappa shape index (κ2) is 20.5. The molecule has 0 aromatic heterocycles. The molecule has 0 aromatic carbocycles. The van der Waals surface area contributed by atoms with Gasteiger partial charge in [0.25, 0.3) is 0 Å². The van der Waals surface area contributed by atoms with Crippen molar-refractivity contribution in [1.82, 2.24) is 40.0 Å². The molecule has 3 atom stereocenters. The molecule has 3 rings (SSSR count). The maximum absolute atomic E-state index is 13.2. The summed E-state index contributed by atoms with van der Waals surface area (Å²) in [6.45, 7) is 2.64. The van der Waals surface area contributed by atoms with E-state index in [0.29, 0.717) is 77.1 Å². The van der Waals surface area contributed by atoms with E-state index in [1.54, 1.807) is 38.6 Å². The quantitative estimate of drug-likeness (QED) is 0.0859. The third kappa shape index (κ3) is 14.7. The fourth-order valence-electron chi connectivity index (χ4n) is 6.28. The van der Waals surface area contributed by atoms with Gasteiger partial charge in [-0.1, -0.05) is 12.8 Å². The molecule has 0 bridgehead atoms. The van der Waals surface area contributed by atoms with E-state index in [-0.39, 0.29) is 56.1 Å². The third-order valence-electron chi connectivity index (χ3n) is 9.31. The largest absolute Gasteiger partial charge is 0.480 e. The summed E-state index contributed by atoms with van der Waals surface area (Å²) >= 11 is 1.89. The summed E-state index contributed by atoms with van der Waals surface area (Å²) in [5.41, 5.74) is 0. The number of hydrogen-bond donors (Lipinski definition) is 5. The predicted octanol–water partition coefficient (Wildman–Crippen LogP) is -1.51. The van der Waals surface area contributed by atoms with E-state index in [4.69, 9.17) is 0 Å². The zero-order valence-corrected chi connectivity index (χ0v) is 29.6. The molecule has 3 unspecified atom stereocenters. The fourth-order valence-corrected chi connectivity index (χ4v) is 7.82. The lowest BCUT2D eigenvalue weighted by molar-refractivity contribution is -0.140. The van der Waals surface area contributed by atoms with Gasteiger partial charge >= 0.3 is 23.9 Å². The number of likely N-dealkylation sites (N-methyl/N-ethyl adjacent to an activating group) is 2. The molecule has 17 nitrogen and oxygen atoms in total. The second-order valence-electron chi connectivity index (χ2n) is 13.1. The van der Waals surface area contributed by atoms with Crippen molar-refractivity contribution in [3.8, 4) is 0 Å². The van der Waals surface area contributed by atoms with E-state index in [9.17, 15) is 44.1 Å². The molecule has 0 radical (unpaired) electrons. The second-order valence-corrected chi connectivity index (χ2v) is 14.4. The Hall–Kier alpha value is -3.19. The molecular weight excluding hydrogens is 660 g/mol. The normalized spacial score (nSPS) is 23.1. The molecule has 4 amide bonds. The minimum Gasteiger partial charge on any atom is -0.480 e. The Morgan fingerprint density at radius 2 is 1.12 bits per heavy atom. The van der Waals surface area contributed by atoms with Gasteiger partial charge in [0.2, 0.25) is 11.8 Å². The zero-order valence-electron chi connectivity index (χ0n) is 28.8. The van der Waals surface area contributed by atoms with Gasteiger partial charge in [-0.3, -0.25) is 43.6 Å².